The normalized spacial score (nSPS) is 10.2. The molecule has 0 spiro atoms. The molecule has 0 aliphatic heterocycles. The number of carboxylic acids is 1. The maximum atomic E-state index is 11.4. The van der Waals surface area contributed by atoms with Crippen LogP contribution in [-0.2, 0) is 0 Å². The van der Waals surface area contributed by atoms with Gasteiger partial charge in [0.15, 0.2) is 17.1 Å². The number of nitrogens with zero attached hydrogens (tertiary/aromatic N) is 2. The van der Waals surface area contributed by atoms with Crippen LogP contribution in [0.2, 0.25) is 0 Å². The lowest BCUT2D eigenvalue weighted by Gasteiger charge is -2.13. The van der Waals surface area contributed by atoms with Crippen LogP contribution in [0.4, 0.5) is 0 Å². The number of benzene rings is 2. The van der Waals surface area contributed by atoms with Gasteiger partial charge >= 0.3 is 5.97 Å². The third kappa shape index (κ3) is 2.59. The van der Waals surface area contributed by atoms with Gasteiger partial charge in [-0.05, 0) is 18.2 Å². The topological polar surface area (TPSA) is 92.4 Å². The van der Waals surface area contributed by atoms with E-state index in [4.69, 9.17) is 9.47 Å². The summed E-state index contributed by atoms with van der Waals surface area (Å²) < 4.78 is 11.1. The monoisotopic (exact) mass is 320 g/mol. The molecule has 1 heterocycles. The predicted octanol–water partition coefficient (Wildman–Crippen LogP) is 3.61. The number of hydrogen-bond acceptors (Lipinski definition) is 5. The molecular formula is C18H12N2O4. The van der Waals surface area contributed by atoms with E-state index in [0.717, 1.165) is 0 Å². The number of rotatable bonds is 4. The van der Waals surface area contributed by atoms with Gasteiger partial charge in [-0.25, -0.2) is 9.78 Å². The molecule has 6 nitrogen and oxygen atoms in total. The number of hydrogen-bond donors (Lipinski definition) is 1. The summed E-state index contributed by atoms with van der Waals surface area (Å²) >= 11 is 0. The summed E-state index contributed by atoms with van der Waals surface area (Å²) in [5.74, 6) is -0.178. The van der Waals surface area contributed by atoms with Gasteiger partial charge in [0.2, 0.25) is 0 Å². The second-order valence-corrected chi connectivity index (χ2v) is 4.85. The quantitative estimate of drug-likeness (QED) is 0.789. The summed E-state index contributed by atoms with van der Waals surface area (Å²) in [4.78, 5) is 15.3. The Hall–Kier alpha value is -3.59. The first-order valence-electron chi connectivity index (χ1n) is 7.02. The van der Waals surface area contributed by atoms with Crippen LogP contribution in [0.3, 0.4) is 0 Å². The Morgan fingerprint density at radius 3 is 2.54 bits per heavy atom. The van der Waals surface area contributed by atoms with Gasteiger partial charge in [-0.3, -0.25) is 0 Å². The second-order valence-electron chi connectivity index (χ2n) is 4.85. The molecule has 0 bridgehead atoms. The fraction of sp³-hybridized carbons (Fsp3) is 0.0556. The van der Waals surface area contributed by atoms with Crippen molar-refractivity contribution in [2.75, 3.05) is 7.11 Å². The van der Waals surface area contributed by atoms with Crippen LogP contribution in [0.25, 0.3) is 10.8 Å². The van der Waals surface area contributed by atoms with Crippen LogP contribution in [0.15, 0.2) is 48.5 Å². The molecule has 0 aliphatic rings. The minimum absolute atomic E-state index is 0.0327. The minimum Gasteiger partial charge on any atom is -0.494 e. The Morgan fingerprint density at radius 2 is 1.92 bits per heavy atom. The lowest BCUT2D eigenvalue weighted by molar-refractivity contribution is 0.0687. The molecule has 0 atom stereocenters. The highest BCUT2D eigenvalue weighted by Gasteiger charge is 2.22. The highest BCUT2D eigenvalue weighted by Crippen LogP contribution is 2.37. The van der Waals surface area contributed by atoms with Gasteiger partial charge in [-0.15, -0.1) is 0 Å². The molecule has 0 saturated carbocycles. The molecule has 1 N–H and O–H groups in total. The van der Waals surface area contributed by atoms with Crippen molar-refractivity contribution in [3.05, 3.63) is 59.9 Å². The van der Waals surface area contributed by atoms with Crippen molar-refractivity contribution >= 4 is 16.7 Å². The average Bonchev–Trinajstić information content (AvgIpc) is 2.61. The van der Waals surface area contributed by atoms with E-state index < -0.39 is 5.97 Å². The van der Waals surface area contributed by atoms with Crippen LogP contribution in [0.1, 0.15) is 16.2 Å². The number of aromatic carboxylic acids is 1. The molecule has 3 aromatic rings. The molecule has 0 aliphatic carbocycles. The zero-order chi connectivity index (χ0) is 17.1. The molecule has 2 aromatic carbocycles. The zero-order valence-corrected chi connectivity index (χ0v) is 12.7. The van der Waals surface area contributed by atoms with Crippen LogP contribution in [0.5, 0.6) is 17.2 Å². The molecule has 24 heavy (non-hydrogen) atoms. The third-order valence-corrected chi connectivity index (χ3v) is 3.43. The molecule has 0 radical (unpaired) electrons. The van der Waals surface area contributed by atoms with Gasteiger partial charge in [0, 0.05) is 5.39 Å². The lowest BCUT2D eigenvalue weighted by Crippen LogP contribution is -2.07. The smallest absolute Gasteiger partial charge is 0.358 e. The van der Waals surface area contributed by atoms with Crippen molar-refractivity contribution in [2.45, 2.75) is 0 Å². The first kappa shape index (κ1) is 15.3. The minimum atomic E-state index is -1.26. The number of ether oxygens (including phenoxy) is 2. The number of methoxy groups -OCH3 is 1. The van der Waals surface area contributed by atoms with E-state index in [0.29, 0.717) is 22.3 Å². The van der Waals surface area contributed by atoms with E-state index in [1.807, 2.05) is 24.3 Å². The van der Waals surface area contributed by atoms with E-state index in [1.54, 1.807) is 30.3 Å². The van der Waals surface area contributed by atoms with Crippen LogP contribution in [-0.4, -0.2) is 23.2 Å². The van der Waals surface area contributed by atoms with Gasteiger partial charge in [0.1, 0.15) is 17.6 Å². The van der Waals surface area contributed by atoms with E-state index in [1.165, 1.54) is 7.11 Å². The number of carbonyl (C=O) groups is 1. The molecule has 0 fully saturated rings. The Kier molecular flexibility index (Phi) is 4.00. The average molecular weight is 320 g/mol. The van der Waals surface area contributed by atoms with Crippen molar-refractivity contribution in [1.82, 2.24) is 4.98 Å². The Bertz CT molecular complexity index is 962. The summed E-state index contributed by atoms with van der Waals surface area (Å²) in [6.07, 6.45) is 0. The number of pyridine rings is 1. The molecule has 0 unspecified atom stereocenters. The van der Waals surface area contributed by atoms with Gasteiger partial charge < -0.3 is 14.6 Å². The van der Waals surface area contributed by atoms with Crippen LogP contribution in [0, 0.1) is 11.3 Å². The summed E-state index contributed by atoms with van der Waals surface area (Å²) in [7, 11) is 1.36. The lowest BCUT2D eigenvalue weighted by atomic mass is 10.1. The van der Waals surface area contributed by atoms with Gasteiger partial charge in [-0.2, -0.15) is 5.26 Å². The Labute approximate surface area is 137 Å². The van der Waals surface area contributed by atoms with Crippen molar-refractivity contribution < 1.29 is 19.4 Å². The van der Waals surface area contributed by atoms with E-state index in [2.05, 4.69) is 4.98 Å². The van der Waals surface area contributed by atoms with Crippen LogP contribution < -0.4 is 9.47 Å². The van der Waals surface area contributed by atoms with Crippen molar-refractivity contribution in [3.63, 3.8) is 0 Å². The number of carboxylic acid groups (broad SMARTS) is 1. The van der Waals surface area contributed by atoms with E-state index >= 15 is 0 Å². The Morgan fingerprint density at radius 1 is 1.17 bits per heavy atom. The molecule has 0 amide bonds. The largest absolute Gasteiger partial charge is 0.494 e. The summed E-state index contributed by atoms with van der Waals surface area (Å²) in [5, 5.41) is 19.6. The summed E-state index contributed by atoms with van der Waals surface area (Å²) in [5.41, 5.74) is -0.340. The molecule has 118 valence electrons. The standard InChI is InChI=1S/C18H12N2O4/c1-23-17-12-8-5-9-14(24-11-6-3-2-4-7-11)15(12)13(10-19)20-16(17)18(21)22/h2-9H,1H3,(H,21,22). The summed E-state index contributed by atoms with van der Waals surface area (Å²) in [6.45, 7) is 0. The number of aromatic nitrogens is 1. The first-order chi connectivity index (χ1) is 11.7. The molecule has 6 heteroatoms. The molecular weight excluding hydrogens is 308 g/mol. The van der Waals surface area contributed by atoms with Crippen LogP contribution >= 0.6 is 0 Å². The van der Waals surface area contributed by atoms with Crippen molar-refractivity contribution in [2.24, 2.45) is 0 Å². The maximum absolute atomic E-state index is 11.4. The Balaban J connectivity index is 2.29. The first-order valence-corrected chi connectivity index (χ1v) is 7.02. The summed E-state index contributed by atoms with van der Waals surface area (Å²) in [6, 6.07) is 16.1. The van der Waals surface area contributed by atoms with Crippen molar-refractivity contribution in [3.8, 4) is 23.3 Å². The molecule has 0 saturated heterocycles. The second kappa shape index (κ2) is 6.26. The molecule has 1 aromatic heterocycles. The third-order valence-electron chi connectivity index (χ3n) is 3.43. The van der Waals surface area contributed by atoms with E-state index in [9.17, 15) is 15.2 Å². The van der Waals surface area contributed by atoms with Crippen molar-refractivity contribution in [1.29, 1.82) is 5.26 Å². The van der Waals surface area contributed by atoms with Gasteiger partial charge in [0.25, 0.3) is 0 Å². The zero-order valence-electron chi connectivity index (χ0n) is 12.7. The molecule has 3 rings (SSSR count). The SMILES string of the molecule is COc1c(C(=O)O)nc(C#N)c2c(Oc3ccccc3)cccc12. The number of nitriles is 1. The highest BCUT2D eigenvalue weighted by molar-refractivity contribution is 6.03. The highest BCUT2D eigenvalue weighted by atomic mass is 16.5. The predicted molar refractivity (Wildman–Crippen MR) is 86.5 cm³/mol. The van der Waals surface area contributed by atoms with E-state index in [-0.39, 0.29) is 17.1 Å². The van der Waals surface area contributed by atoms with Gasteiger partial charge in [-0.1, -0.05) is 30.3 Å². The maximum Gasteiger partial charge on any atom is 0.358 e. The van der Waals surface area contributed by atoms with Gasteiger partial charge in [0.05, 0.1) is 12.5 Å². The fourth-order valence-electron chi connectivity index (χ4n) is 2.44. The fourth-order valence-corrected chi connectivity index (χ4v) is 2.44. The number of fused-ring (bicyclic) bond motifs is 1. The number of para-hydroxylation sites is 1.